The molecular formula is C14H17F2NO2. The lowest BCUT2D eigenvalue weighted by Crippen LogP contribution is -2.43. The molecular weight excluding hydrogens is 252 g/mol. The van der Waals surface area contributed by atoms with Crippen LogP contribution in [0.1, 0.15) is 31.7 Å². The summed E-state index contributed by atoms with van der Waals surface area (Å²) in [4.78, 5) is 11.7. The summed E-state index contributed by atoms with van der Waals surface area (Å²) in [6, 6.07) is 3.00. The molecule has 1 saturated carbocycles. The minimum absolute atomic E-state index is 0.00821. The van der Waals surface area contributed by atoms with Crippen LogP contribution in [0.2, 0.25) is 0 Å². The van der Waals surface area contributed by atoms with E-state index in [1.807, 2.05) is 0 Å². The molecule has 0 saturated heterocycles. The van der Waals surface area contributed by atoms with E-state index in [9.17, 15) is 18.7 Å². The molecule has 0 spiro atoms. The van der Waals surface area contributed by atoms with Crippen LogP contribution in [0.5, 0.6) is 0 Å². The Balaban J connectivity index is 2.02. The summed E-state index contributed by atoms with van der Waals surface area (Å²) in [5.74, 6) is -1.62. The fourth-order valence-corrected chi connectivity index (χ4v) is 2.10. The number of carbonyl (C=O) groups excluding carboxylic acids is 1. The van der Waals surface area contributed by atoms with Gasteiger partial charge in [-0.15, -0.1) is 0 Å². The largest absolute Gasteiger partial charge is 0.383 e. The van der Waals surface area contributed by atoms with Gasteiger partial charge in [-0.25, -0.2) is 8.78 Å². The van der Waals surface area contributed by atoms with Gasteiger partial charge in [0.1, 0.15) is 17.2 Å². The summed E-state index contributed by atoms with van der Waals surface area (Å²) < 4.78 is 26.4. The minimum Gasteiger partial charge on any atom is -0.383 e. The van der Waals surface area contributed by atoms with Gasteiger partial charge < -0.3 is 10.4 Å². The lowest BCUT2D eigenvalue weighted by Gasteiger charge is -2.28. The topological polar surface area (TPSA) is 49.3 Å². The Labute approximate surface area is 110 Å². The minimum atomic E-state index is -1.56. The van der Waals surface area contributed by atoms with Crippen molar-refractivity contribution >= 4 is 5.91 Å². The highest BCUT2D eigenvalue weighted by Gasteiger charge is 2.30. The van der Waals surface area contributed by atoms with E-state index in [4.69, 9.17) is 0 Å². The van der Waals surface area contributed by atoms with Crippen molar-refractivity contribution < 1.29 is 18.7 Å². The molecule has 1 aromatic carbocycles. The van der Waals surface area contributed by atoms with Crippen molar-refractivity contribution in [3.8, 4) is 0 Å². The first-order valence-corrected chi connectivity index (χ1v) is 6.36. The average Bonchev–Trinajstić information content (AvgIpc) is 2.23. The molecule has 1 fully saturated rings. The summed E-state index contributed by atoms with van der Waals surface area (Å²) >= 11 is 0. The number of rotatable bonds is 4. The second kappa shape index (κ2) is 5.25. The maximum Gasteiger partial charge on any atom is 0.223 e. The van der Waals surface area contributed by atoms with Crippen molar-refractivity contribution in [2.45, 2.75) is 31.8 Å². The molecule has 1 aliphatic carbocycles. The second-order valence-corrected chi connectivity index (χ2v) is 5.24. The van der Waals surface area contributed by atoms with Gasteiger partial charge in [0.05, 0.1) is 6.54 Å². The lowest BCUT2D eigenvalue weighted by atomic mass is 9.84. The van der Waals surface area contributed by atoms with Gasteiger partial charge in [-0.05, 0) is 25.8 Å². The molecule has 1 amide bonds. The average molecular weight is 269 g/mol. The van der Waals surface area contributed by atoms with Crippen LogP contribution >= 0.6 is 0 Å². The molecule has 0 aliphatic heterocycles. The Hall–Kier alpha value is -1.49. The van der Waals surface area contributed by atoms with Crippen LogP contribution in [0.25, 0.3) is 0 Å². The van der Waals surface area contributed by atoms with Crippen LogP contribution < -0.4 is 5.32 Å². The van der Waals surface area contributed by atoms with Gasteiger partial charge >= 0.3 is 0 Å². The molecule has 104 valence electrons. The van der Waals surface area contributed by atoms with Crippen molar-refractivity contribution in [3.63, 3.8) is 0 Å². The number of hydrogen-bond acceptors (Lipinski definition) is 2. The highest BCUT2D eigenvalue weighted by Crippen LogP contribution is 2.27. The fraction of sp³-hybridized carbons (Fsp3) is 0.500. The van der Waals surface area contributed by atoms with Crippen LogP contribution in [-0.2, 0) is 10.4 Å². The SMILES string of the molecule is CC(O)(CNC(=O)C1CCC1)c1ccc(F)cc1F. The summed E-state index contributed by atoms with van der Waals surface area (Å²) in [6.07, 6.45) is 2.76. The first kappa shape index (κ1) is 13.9. The van der Waals surface area contributed by atoms with Crippen LogP contribution in [-0.4, -0.2) is 17.6 Å². The van der Waals surface area contributed by atoms with Crippen LogP contribution in [0, 0.1) is 17.6 Å². The molecule has 0 heterocycles. The number of aliphatic hydroxyl groups is 1. The van der Waals surface area contributed by atoms with Gasteiger partial charge in [-0.2, -0.15) is 0 Å². The highest BCUT2D eigenvalue weighted by molar-refractivity contribution is 5.79. The molecule has 2 N–H and O–H groups in total. The zero-order valence-corrected chi connectivity index (χ0v) is 10.7. The van der Waals surface area contributed by atoms with Crippen molar-refractivity contribution in [2.24, 2.45) is 5.92 Å². The van der Waals surface area contributed by atoms with Gasteiger partial charge in [0.2, 0.25) is 5.91 Å². The van der Waals surface area contributed by atoms with Crippen LogP contribution in [0.15, 0.2) is 18.2 Å². The molecule has 0 radical (unpaired) electrons. The normalized spacial score (nSPS) is 18.5. The van der Waals surface area contributed by atoms with E-state index in [0.717, 1.165) is 31.4 Å². The van der Waals surface area contributed by atoms with E-state index in [0.29, 0.717) is 0 Å². The van der Waals surface area contributed by atoms with Crippen molar-refractivity contribution in [1.82, 2.24) is 5.32 Å². The van der Waals surface area contributed by atoms with E-state index < -0.39 is 17.2 Å². The van der Waals surface area contributed by atoms with Crippen molar-refractivity contribution in [2.75, 3.05) is 6.54 Å². The van der Waals surface area contributed by atoms with E-state index >= 15 is 0 Å². The zero-order chi connectivity index (χ0) is 14.0. The Bertz CT molecular complexity index is 484. The number of carbonyl (C=O) groups is 1. The predicted octanol–water partition coefficient (Wildman–Crippen LogP) is 2.09. The van der Waals surface area contributed by atoms with Gasteiger partial charge in [0.15, 0.2) is 0 Å². The molecule has 1 atom stereocenters. The molecule has 1 unspecified atom stereocenters. The summed E-state index contributed by atoms with van der Waals surface area (Å²) in [5.41, 5.74) is -1.58. The Kier molecular flexibility index (Phi) is 3.85. The van der Waals surface area contributed by atoms with Gasteiger partial charge in [0.25, 0.3) is 0 Å². The standard InChI is InChI=1S/C14H17F2NO2/c1-14(19,8-17-13(18)9-3-2-4-9)11-6-5-10(15)7-12(11)16/h5-7,9,19H,2-4,8H2,1H3,(H,17,18). The third-order valence-electron chi connectivity index (χ3n) is 3.59. The van der Waals surface area contributed by atoms with Crippen LogP contribution in [0.4, 0.5) is 8.78 Å². The molecule has 5 heteroatoms. The number of amides is 1. The number of nitrogens with one attached hydrogen (secondary N) is 1. The van der Waals surface area contributed by atoms with Crippen LogP contribution in [0.3, 0.4) is 0 Å². The molecule has 0 bridgehead atoms. The second-order valence-electron chi connectivity index (χ2n) is 5.24. The van der Waals surface area contributed by atoms with E-state index in [-0.39, 0.29) is 23.9 Å². The molecule has 3 nitrogen and oxygen atoms in total. The van der Waals surface area contributed by atoms with Gasteiger partial charge in [-0.1, -0.05) is 12.5 Å². The van der Waals surface area contributed by atoms with Crippen molar-refractivity contribution in [3.05, 3.63) is 35.4 Å². The van der Waals surface area contributed by atoms with E-state index in [1.54, 1.807) is 0 Å². The molecule has 2 rings (SSSR count). The first-order valence-electron chi connectivity index (χ1n) is 6.36. The Morgan fingerprint density at radius 3 is 2.68 bits per heavy atom. The maximum absolute atomic E-state index is 13.6. The summed E-state index contributed by atoms with van der Waals surface area (Å²) in [7, 11) is 0. The molecule has 1 aromatic rings. The number of halogens is 2. The monoisotopic (exact) mass is 269 g/mol. The zero-order valence-electron chi connectivity index (χ0n) is 10.7. The quantitative estimate of drug-likeness (QED) is 0.879. The first-order chi connectivity index (χ1) is 8.90. The van der Waals surface area contributed by atoms with Gasteiger partial charge in [-0.3, -0.25) is 4.79 Å². The summed E-state index contributed by atoms with van der Waals surface area (Å²) in [6.45, 7) is 1.30. The number of hydrogen-bond donors (Lipinski definition) is 2. The lowest BCUT2D eigenvalue weighted by molar-refractivity contribution is -0.128. The van der Waals surface area contributed by atoms with E-state index in [1.165, 1.54) is 13.0 Å². The summed E-state index contributed by atoms with van der Waals surface area (Å²) in [5, 5.41) is 12.8. The maximum atomic E-state index is 13.6. The smallest absolute Gasteiger partial charge is 0.223 e. The molecule has 19 heavy (non-hydrogen) atoms. The third kappa shape index (κ3) is 3.10. The highest BCUT2D eigenvalue weighted by atomic mass is 19.1. The molecule has 0 aromatic heterocycles. The predicted molar refractivity (Wildman–Crippen MR) is 66.3 cm³/mol. The Morgan fingerprint density at radius 2 is 2.16 bits per heavy atom. The van der Waals surface area contributed by atoms with Gasteiger partial charge in [0, 0.05) is 17.5 Å². The van der Waals surface area contributed by atoms with Crippen molar-refractivity contribution in [1.29, 1.82) is 0 Å². The van der Waals surface area contributed by atoms with E-state index in [2.05, 4.69) is 5.32 Å². The molecule has 1 aliphatic rings. The third-order valence-corrected chi connectivity index (χ3v) is 3.59. The number of benzene rings is 1. The fourth-order valence-electron chi connectivity index (χ4n) is 2.10. The Morgan fingerprint density at radius 1 is 1.47 bits per heavy atom.